The van der Waals surface area contributed by atoms with Crippen molar-refractivity contribution in [1.82, 2.24) is 4.90 Å². The summed E-state index contributed by atoms with van der Waals surface area (Å²) < 4.78 is 1.05. The van der Waals surface area contributed by atoms with Gasteiger partial charge in [0.25, 0.3) is 5.91 Å². The molecule has 3 N–H and O–H groups in total. The van der Waals surface area contributed by atoms with Crippen molar-refractivity contribution in [3.05, 3.63) is 19.9 Å². The molecule has 0 bridgehead atoms. The van der Waals surface area contributed by atoms with Gasteiger partial charge in [-0.05, 0) is 28.7 Å². The molecule has 0 aliphatic heterocycles. The number of halogens is 1. The Hall–Kier alpha value is -0.830. The van der Waals surface area contributed by atoms with Crippen LogP contribution >= 0.6 is 33.9 Å². The molecule has 1 aromatic rings. The molecular formula is C8H10IN3O2S. The predicted octanol–water partition coefficient (Wildman–Crippen LogP) is 1.17. The summed E-state index contributed by atoms with van der Waals surface area (Å²) in [6.07, 6.45) is 0. The molecule has 0 aliphatic carbocycles. The van der Waals surface area contributed by atoms with Crippen molar-refractivity contribution in [1.29, 1.82) is 0 Å². The summed E-state index contributed by atoms with van der Waals surface area (Å²) in [5.74, 6) is -0.128. The summed E-state index contributed by atoms with van der Waals surface area (Å²) >= 11 is 3.65. The number of nitrogens with zero attached hydrogens (tertiary/aromatic N) is 2. The quantitative estimate of drug-likeness (QED) is 0.285. The number of oxime groups is 1. The normalized spacial score (nSPS) is 11.5. The van der Waals surface area contributed by atoms with Gasteiger partial charge in [-0.1, -0.05) is 5.16 Å². The highest BCUT2D eigenvalue weighted by Crippen LogP contribution is 2.17. The summed E-state index contributed by atoms with van der Waals surface area (Å²) in [5.41, 5.74) is 5.93. The molecule has 7 heteroatoms. The lowest BCUT2D eigenvalue weighted by molar-refractivity contribution is 0.0814. The number of nitrogens with two attached hydrogens (primary N) is 1. The van der Waals surface area contributed by atoms with Crippen LogP contribution in [-0.2, 0) is 0 Å². The van der Waals surface area contributed by atoms with Crippen LogP contribution in [0.5, 0.6) is 0 Å². The Morgan fingerprint density at radius 1 is 1.80 bits per heavy atom. The number of amides is 1. The highest BCUT2D eigenvalue weighted by Gasteiger charge is 2.14. The Labute approximate surface area is 105 Å². The van der Waals surface area contributed by atoms with E-state index in [-0.39, 0.29) is 18.3 Å². The van der Waals surface area contributed by atoms with Gasteiger partial charge in [-0.2, -0.15) is 0 Å². The third-order valence-electron chi connectivity index (χ3n) is 1.69. The summed E-state index contributed by atoms with van der Waals surface area (Å²) in [4.78, 5) is 13.1. The second-order valence-corrected chi connectivity index (χ2v) is 5.70. The van der Waals surface area contributed by atoms with Crippen LogP contribution in [0.2, 0.25) is 0 Å². The van der Waals surface area contributed by atoms with Gasteiger partial charge in [0.05, 0.1) is 15.0 Å². The topological polar surface area (TPSA) is 78.9 Å². The number of rotatable bonds is 3. The minimum Gasteiger partial charge on any atom is -0.409 e. The summed E-state index contributed by atoms with van der Waals surface area (Å²) in [6.45, 7) is 0.113. The van der Waals surface area contributed by atoms with Crippen LogP contribution < -0.4 is 5.73 Å². The fourth-order valence-electron chi connectivity index (χ4n) is 0.989. The average Bonchev–Trinajstić information content (AvgIpc) is 2.63. The van der Waals surface area contributed by atoms with E-state index in [0.29, 0.717) is 5.56 Å². The van der Waals surface area contributed by atoms with Gasteiger partial charge in [-0.3, -0.25) is 4.79 Å². The van der Waals surface area contributed by atoms with Crippen LogP contribution in [0.4, 0.5) is 0 Å². The van der Waals surface area contributed by atoms with Crippen LogP contribution in [0.25, 0.3) is 0 Å². The van der Waals surface area contributed by atoms with E-state index in [1.54, 1.807) is 18.5 Å². The zero-order valence-corrected chi connectivity index (χ0v) is 10.9. The second-order valence-electron chi connectivity index (χ2n) is 2.89. The van der Waals surface area contributed by atoms with Crippen LogP contribution in [0, 0.1) is 2.88 Å². The number of likely N-dealkylation sites (N-methyl/N-ethyl adjacent to an activating group) is 1. The van der Waals surface area contributed by atoms with Gasteiger partial charge in [0.1, 0.15) is 0 Å². The number of thiophene rings is 1. The maximum absolute atomic E-state index is 11.7. The van der Waals surface area contributed by atoms with Crippen molar-refractivity contribution in [2.75, 3.05) is 13.6 Å². The Balaban J connectivity index is 2.69. The predicted molar refractivity (Wildman–Crippen MR) is 67.4 cm³/mol. The van der Waals surface area contributed by atoms with Gasteiger partial charge in [-0.15, -0.1) is 11.3 Å². The van der Waals surface area contributed by atoms with Crippen molar-refractivity contribution in [3.63, 3.8) is 0 Å². The van der Waals surface area contributed by atoms with E-state index in [9.17, 15) is 4.79 Å². The van der Waals surface area contributed by atoms with Crippen molar-refractivity contribution in [2.45, 2.75) is 0 Å². The molecule has 15 heavy (non-hydrogen) atoms. The first kappa shape index (κ1) is 12.2. The molecule has 5 nitrogen and oxygen atoms in total. The molecule has 0 saturated carbocycles. The first-order valence-corrected chi connectivity index (χ1v) is 5.96. The zero-order chi connectivity index (χ0) is 11.4. The number of amidine groups is 1. The second kappa shape index (κ2) is 5.31. The lowest BCUT2D eigenvalue weighted by Gasteiger charge is -2.14. The van der Waals surface area contributed by atoms with Gasteiger partial charge >= 0.3 is 0 Å². The minimum absolute atomic E-state index is 0.00998. The Morgan fingerprint density at radius 2 is 2.47 bits per heavy atom. The third kappa shape index (κ3) is 3.34. The standard InChI is InChI=1S/C8H10IN3O2S/c1-12(3-7(10)11-14)8(13)5-2-6(9)15-4-5/h2,4,14H,3H2,1H3,(H2,10,11). The third-order valence-corrected chi connectivity index (χ3v) is 3.48. The zero-order valence-electron chi connectivity index (χ0n) is 7.98. The minimum atomic E-state index is -0.138. The van der Waals surface area contributed by atoms with E-state index in [2.05, 4.69) is 27.7 Å². The lowest BCUT2D eigenvalue weighted by Crippen LogP contribution is -2.35. The molecule has 82 valence electrons. The average molecular weight is 339 g/mol. The van der Waals surface area contributed by atoms with Crippen molar-refractivity contribution in [2.24, 2.45) is 10.9 Å². The van der Waals surface area contributed by atoms with E-state index in [0.717, 1.165) is 2.88 Å². The van der Waals surface area contributed by atoms with Crippen LogP contribution in [0.3, 0.4) is 0 Å². The van der Waals surface area contributed by atoms with Gasteiger partial charge < -0.3 is 15.8 Å². The van der Waals surface area contributed by atoms with E-state index in [1.807, 2.05) is 0 Å². The summed E-state index contributed by atoms with van der Waals surface area (Å²) in [7, 11) is 1.60. The fourth-order valence-corrected chi connectivity index (χ4v) is 2.31. The Kier molecular flexibility index (Phi) is 4.33. The Bertz CT molecular complexity index is 391. The van der Waals surface area contributed by atoms with Gasteiger partial charge in [0.15, 0.2) is 5.84 Å². The first-order valence-electron chi connectivity index (χ1n) is 4.00. The number of carbonyl (C=O) groups excluding carboxylic acids is 1. The van der Waals surface area contributed by atoms with Crippen molar-refractivity contribution >= 4 is 45.7 Å². The summed E-state index contributed by atoms with van der Waals surface area (Å²) in [5, 5.41) is 13.0. The molecule has 0 atom stereocenters. The maximum Gasteiger partial charge on any atom is 0.254 e. The van der Waals surface area contributed by atoms with E-state index in [4.69, 9.17) is 10.9 Å². The molecule has 0 fully saturated rings. The van der Waals surface area contributed by atoms with E-state index < -0.39 is 0 Å². The summed E-state index contributed by atoms with van der Waals surface area (Å²) in [6, 6.07) is 1.80. The number of hydrogen-bond donors (Lipinski definition) is 2. The Morgan fingerprint density at radius 3 is 2.93 bits per heavy atom. The molecule has 0 spiro atoms. The molecule has 1 aromatic heterocycles. The molecule has 0 radical (unpaired) electrons. The van der Waals surface area contributed by atoms with Crippen LogP contribution in [0.1, 0.15) is 10.4 Å². The molecular weight excluding hydrogens is 329 g/mol. The largest absolute Gasteiger partial charge is 0.409 e. The maximum atomic E-state index is 11.7. The van der Waals surface area contributed by atoms with Crippen molar-refractivity contribution in [3.8, 4) is 0 Å². The number of hydrogen-bond acceptors (Lipinski definition) is 4. The highest BCUT2D eigenvalue weighted by atomic mass is 127. The number of carbonyl (C=O) groups is 1. The molecule has 1 rings (SSSR count). The van der Waals surface area contributed by atoms with Gasteiger partial charge in [0, 0.05) is 12.4 Å². The van der Waals surface area contributed by atoms with Gasteiger partial charge in [-0.25, -0.2) is 0 Å². The van der Waals surface area contributed by atoms with Crippen molar-refractivity contribution < 1.29 is 10.0 Å². The molecule has 0 aromatic carbocycles. The lowest BCUT2D eigenvalue weighted by atomic mass is 10.3. The fraction of sp³-hybridized carbons (Fsp3) is 0.250. The molecule has 0 saturated heterocycles. The molecule has 0 aliphatic rings. The smallest absolute Gasteiger partial charge is 0.254 e. The monoisotopic (exact) mass is 339 g/mol. The van der Waals surface area contributed by atoms with E-state index >= 15 is 0 Å². The van der Waals surface area contributed by atoms with E-state index in [1.165, 1.54) is 16.2 Å². The first-order chi connectivity index (χ1) is 7.04. The molecule has 1 heterocycles. The van der Waals surface area contributed by atoms with Crippen LogP contribution in [0.15, 0.2) is 16.6 Å². The molecule has 1 amide bonds. The highest BCUT2D eigenvalue weighted by molar-refractivity contribution is 14.1. The molecule has 0 unspecified atom stereocenters. The van der Waals surface area contributed by atoms with Gasteiger partial charge in [0.2, 0.25) is 0 Å². The van der Waals surface area contributed by atoms with Crippen LogP contribution in [-0.4, -0.2) is 35.4 Å². The SMILES string of the molecule is CN(CC(N)=NO)C(=O)c1csc(I)c1.